The highest BCUT2D eigenvalue weighted by molar-refractivity contribution is 9.10. The molecule has 1 aliphatic heterocycles. The van der Waals surface area contributed by atoms with Crippen LogP contribution in [0.25, 0.3) is 0 Å². The van der Waals surface area contributed by atoms with Crippen LogP contribution in [-0.4, -0.2) is 26.6 Å². The maximum Gasteiger partial charge on any atom is 0.255 e. The second kappa shape index (κ2) is 6.57. The van der Waals surface area contributed by atoms with E-state index in [-0.39, 0.29) is 11.7 Å². The van der Waals surface area contributed by atoms with Crippen LogP contribution in [0.2, 0.25) is 0 Å². The van der Waals surface area contributed by atoms with Crippen LogP contribution in [0.3, 0.4) is 0 Å². The van der Waals surface area contributed by atoms with Gasteiger partial charge in [-0.15, -0.1) is 0 Å². The van der Waals surface area contributed by atoms with Crippen molar-refractivity contribution in [1.29, 1.82) is 0 Å². The number of sulfonamides is 1. The second-order valence-electron chi connectivity index (χ2n) is 5.71. The Hall–Kier alpha value is -1.86. The van der Waals surface area contributed by atoms with Gasteiger partial charge in [0.15, 0.2) is 0 Å². The van der Waals surface area contributed by atoms with Gasteiger partial charge in [0.05, 0.1) is 11.4 Å². The van der Waals surface area contributed by atoms with Crippen molar-refractivity contribution in [2.45, 2.75) is 13.3 Å². The number of hydrogen-bond acceptors (Lipinski definition) is 3. The standard InChI is InChI=1S/C17H17BrN2O3S/c1-12-6-7-14(11-16(12)18)19-17(21)13-4-2-5-15(10-13)20-8-3-9-24(20,22)23/h2,4-7,10-11H,3,8-9H2,1H3,(H,19,21). The van der Waals surface area contributed by atoms with E-state index in [2.05, 4.69) is 21.2 Å². The third-order valence-corrected chi connectivity index (χ3v) is 6.65. The monoisotopic (exact) mass is 408 g/mol. The summed E-state index contributed by atoms with van der Waals surface area (Å²) in [5.74, 6) is -0.120. The number of hydrogen-bond donors (Lipinski definition) is 1. The number of halogens is 1. The summed E-state index contributed by atoms with van der Waals surface area (Å²) in [4.78, 5) is 12.4. The maximum absolute atomic E-state index is 12.4. The highest BCUT2D eigenvalue weighted by Gasteiger charge is 2.28. The summed E-state index contributed by atoms with van der Waals surface area (Å²) in [7, 11) is -3.26. The first kappa shape index (κ1) is 17.0. The number of carbonyl (C=O) groups excluding carboxylic acids is 1. The van der Waals surface area contributed by atoms with Crippen molar-refractivity contribution in [3.8, 4) is 0 Å². The molecule has 3 rings (SSSR count). The lowest BCUT2D eigenvalue weighted by molar-refractivity contribution is 0.102. The topological polar surface area (TPSA) is 66.5 Å². The Bertz CT molecular complexity index is 896. The van der Waals surface area contributed by atoms with E-state index in [0.717, 1.165) is 10.0 Å². The van der Waals surface area contributed by atoms with Gasteiger partial charge in [0.25, 0.3) is 5.91 Å². The summed E-state index contributed by atoms with van der Waals surface area (Å²) in [6, 6.07) is 12.3. The molecule has 0 spiro atoms. The van der Waals surface area contributed by atoms with Crippen molar-refractivity contribution < 1.29 is 13.2 Å². The molecule has 1 heterocycles. The molecule has 126 valence electrons. The van der Waals surface area contributed by atoms with Crippen LogP contribution >= 0.6 is 15.9 Å². The molecule has 0 atom stereocenters. The molecule has 0 unspecified atom stereocenters. The number of benzene rings is 2. The van der Waals surface area contributed by atoms with Gasteiger partial charge in [0.2, 0.25) is 10.0 Å². The van der Waals surface area contributed by atoms with E-state index in [0.29, 0.717) is 29.9 Å². The zero-order valence-electron chi connectivity index (χ0n) is 13.1. The van der Waals surface area contributed by atoms with Crippen LogP contribution in [0.4, 0.5) is 11.4 Å². The van der Waals surface area contributed by atoms with Gasteiger partial charge in [-0.3, -0.25) is 9.10 Å². The van der Waals surface area contributed by atoms with Crippen molar-refractivity contribution in [3.05, 3.63) is 58.1 Å². The number of carbonyl (C=O) groups is 1. The summed E-state index contributed by atoms with van der Waals surface area (Å²) >= 11 is 3.44. The van der Waals surface area contributed by atoms with Gasteiger partial charge < -0.3 is 5.32 Å². The van der Waals surface area contributed by atoms with Crippen molar-refractivity contribution >= 4 is 43.2 Å². The summed E-state index contributed by atoms with van der Waals surface area (Å²) < 4.78 is 26.3. The zero-order valence-corrected chi connectivity index (χ0v) is 15.5. The lowest BCUT2D eigenvalue weighted by Crippen LogP contribution is -2.25. The predicted octanol–water partition coefficient (Wildman–Crippen LogP) is 3.55. The molecule has 0 aliphatic carbocycles. The Morgan fingerprint density at radius 2 is 2.00 bits per heavy atom. The third kappa shape index (κ3) is 3.47. The SMILES string of the molecule is Cc1ccc(NC(=O)c2cccc(N3CCCS3(=O)=O)c2)cc1Br. The molecule has 2 aromatic rings. The lowest BCUT2D eigenvalue weighted by Gasteiger charge is -2.17. The number of rotatable bonds is 3. The maximum atomic E-state index is 12.4. The van der Waals surface area contributed by atoms with Gasteiger partial charge in [-0.1, -0.05) is 28.1 Å². The van der Waals surface area contributed by atoms with Crippen LogP contribution in [0.15, 0.2) is 46.9 Å². The summed E-state index contributed by atoms with van der Waals surface area (Å²) in [6.45, 7) is 2.42. The molecule has 0 bridgehead atoms. The van der Waals surface area contributed by atoms with Gasteiger partial charge in [-0.2, -0.15) is 0 Å². The van der Waals surface area contributed by atoms with E-state index < -0.39 is 10.0 Å². The van der Waals surface area contributed by atoms with Gasteiger partial charge in [-0.05, 0) is 49.2 Å². The van der Waals surface area contributed by atoms with Gasteiger partial charge in [-0.25, -0.2) is 8.42 Å². The molecule has 5 nitrogen and oxygen atoms in total. The van der Waals surface area contributed by atoms with Gasteiger partial charge in [0, 0.05) is 22.3 Å². The molecular weight excluding hydrogens is 392 g/mol. The number of nitrogens with zero attached hydrogens (tertiary/aromatic N) is 1. The number of aryl methyl sites for hydroxylation is 1. The Morgan fingerprint density at radius 3 is 2.67 bits per heavy atom. The molecule has 1 aliphatic rings. The molecular formula is C17H17BrN2O3S. The highest BCUT2D eigenvalue weighted by Crippen LogP contribution is 2.25. The van der Waals surface area contributed by atoms with Crippen LogP contribution in [-0.2, 0) is 10.0 Å². The smallest absolute Gasteiger partial charge is 0.255 e. The Balaban J connectivity index is 1.83. The van der Waals surface area contributed by atoms with Crippen molar-refractivity contribution in [2.75, 3.05) is 21.9 Å². The minimum atomic E-state index is -3.26. The highest BCUT2D eigenvalue weighted by atomic mass is 79.9. The fourth-order valence-corrected chi connectivity index (χ4v) is 4.54. The Morgan fingerprint density at radius 1 is 1.21 bits per heavy atom. The Kier molecular flexibility index (Phi) is 4.64. The van der Waals surface area contributed by atoms with E-state index in [1.165, 1.54) is 4.31 Å². The number of anilines is 2. The Labute approximate surface area is 149 Å². The fraction of sp³-hybridized carbons (Fsp3) is 0.235. The molecule has 0 radical (unpaired) electrons. The van der Waals surface area contributed by atoms with E-state index in [1.807, 2.05) is 25.1 Å². The average Bonchev–Trinajstić information content (AvgIpc) is 2.90. The normalized spacial score (nSPS) is 16.2. The second-order valence-corrected chi connectivity index (χ2v) is 8.58. The predicted molar refractivity (Wildman–Crippen MR) is 99.0 cm³/mol. The van der Waals surface area contributed by atoms with Crippen molar-refractivity contribution in [2.24, 2.45) is 0 Å². The molecule has 1 fully saturated rings. The van der Waals surface area contributed by atoms with Crippen LogP contribution in [0, 0.1) is 6.92 Å². The van der Waals surface area contributed by atoms with Crippen LogP contribution in [0.5, 0.6) is 0 Å². The molecule has 1 amide bonds. The molecule has 1 saturated heterocycles. The number of amides is 1. The molecule has 0 aromatic heterocycles. The van der Waals surface area contributed by atoms with Crippen LogP contribution < -0.4 is 9.62 Å². The van der Waals surface area contributed by atoms with E-state index in [9.17, 15) is 13.2 Å². The average molecular weight is 409 g/mol. The third-order valence-electron chi connectivity index (χ3n) is 3.93. The quantitative estimate of drug-likeness (QED) is 0.843. The first-order chi connectivity index (χ1) is 11.4. The van der Waals surface area contributed by atoms with Crippen LogP contribution in [0.1, 0.15) is 22.3 Å². The molecule has 1 N–H and O–H groups in total. The van der Waals surface area contributed by atoms with Gasteiger partial charge >= 0.3 is 0 Å². The van der Waals surface area contributed by atoms with E-state index in [4.69, 9.17) is 0 Å². The molecule has 0 saturated carbocycles. The summed E-state index contributed by atoms with van der Waals surface area (Å²) in [6.07, 6.45) is 0.607. The largest absolute Gasteiger partial charge is 0.322 e. The molecule has 7 heteroatoms. The van der Waals surface area contributed by atoms with Gasteiger partial charge in [0.1, 0.15) is 0 Å². The summed E-state index contributed by atoms with van der Waals surface area (Å²) in [5.41, 5.74) is 2.71. The first-order valence-electron chi connectivity index (χ1n) is 7.55. The first-order valence-corrected chi connectivity index (χ1v) is 9.95. The number of nitrogens with one attached hydrogen (secondary N) is 1. The fourth-order valence-electron chi connectivity index (χ4n) is 2.61. The minimum Gasteiger partial charge on any atom is -0.322 e. The minimum absolute atomic E-state index is 0.154. The van der Waals surface area contributed by atoms with E-state index >= 15 is 0 Å². The van der Waals surface area contributed by atoms with Crippen molar-refractivity contribution in [3.63, 3.8) is 0 Å². The molecule has 24 heavy (non-hydrogen) atoms. The molecule has 2 aromatic carbocycles. The van der Waals surface area contributed by atoms with E-state index in [1.54, 1.807) is 24.3 Å². The lowest BCUT2D eigenvalue weighted by atomic mass is 10.1. The zero-order chi connectivity index (χ0) is 17.3. The van der Waals surface area contributed by atoms with Crippen molar-refractivity contribution in [1.82, 2.24) is 0 Å². The summed E-state index contributed by atoms with van der Waals surface area (Å²) in [5, 5.41) is 2.83.